The molecule has 1 aromatic rings. The van der Waals surface area contributed by atoms with Gasteiger partial charge in [0.15, 0.2) is 0 Å². The molecule has 1 aromatic carbocycles. The third-order valence-electron chi connectivity index (χ3n) is 2.74. The van der Waals surface area contributed by atoms with Crippen molar-refractivity contribution in [2.75, 3.05) is 0 Å². The largest absolute Gasteiger partial charge is 0.393 e. The number of rotatable bonds is 2. The SMILES string of the molecule is CC1(Cc2ccc(Cl)cc2)CC(=O)OC1=O. The summed E-state index contributed by atoms with van der Waals surface area (Å²) < 4.78 is 4.57. The summed E-state index contributed by atoms with van der Waals surface area (Å²) in [4.78, 5) is 22.6. The van der Waals surface area contributed by atoms with Crippen molar-refractivity contribution in [1.82, 2.24) is 0 Å². The summed E-state index contributed by atoms with van der Waals surface area (Å²) in [7, 11) is 0. The smallest absolute Gasteiger partial charge is 0.320 e. The summed E-state index contributed by atoms with van der Waals surface area (Å²) in [6.45, 7) is 1.74. The number of benzene rings is 1. The minimum Gasteiger partial charge on any atom is -0.393 e. The lowest BCUT2D eigenvalue weighted by atomic mass is 9.82. The van der Waals surface area contributed by atoms with Crippen LogP contribution in [-0.4, -0.2) is 11.9 Å². The lowest BCUT2D eigenvalue weighted by Gasteiger charge is -2.17. The van der Waals surface area contributed by atoms with Crippen LogP contribution in [0.1, 0.15) is 18.9 Å². The van der Waals surface area contributed by atoms with E-state index in [4.69, 9.17) is 11.6 Å². The van der Waals surface area contributed by atoms with E-state index in [-0.39, 0.29) is 6.42 Å². The second-order valence-electron chi connectivity index (χ2n) is 4.30. The Bertz CT molecular complexity index is 438. The average molecular weight is 239 g/mol. The molecule has 1 saturated heterocycles. The number of esters is 2. The van der Waals surface area contributed by atoms with E-state index >= 15 is 0 Å². The van der Waals surface area contributed by atoms with Crippen molar-refractivity contribution in [2.45, 2.75) is 19.8 Å². The molecule has 3 nitrogen and oxygen atoms in total. The van der Waals surface area contributed by atoms with E-state index in [2.05, 4.69) is 4.74 Å². The lowest BCUT2D eigenvalue weighted by Crippen LogP contribution is -2.25. The van der Waals surface area contributed by atoms with Crippen molar-refractivity contribution in [1.29, 1.82) is 0 Å². The van der Waals surface area contributed by atoms with Crippen molar-refractivity contribution >= 4 is 23.5 Å². The van der Waals surface area contributed by atoms with Crippen LogP contribution in [0.25, 0.3) is 0 Å². The molecule has 2 rings (SSSR count). The number of cyclic esters (lactones) is 2. The molecule has 0 aliphatic carbocycles. The van der Waals surface area contributed by atoms with Gasteiger partial charge in [0.2, 0.25) is 0 Å². The highest BCUT2D eigenvalue weighted by Gasteiger charge is 2.45. The zero-order valence-corrected chi connectivity index (χ0v) is 9.58. The maximum absolute atomic E-state index is 11.5. The summed E-state index contributed by atoms with van der Waals surface area (Å²) in [5, 5.41) is 0.652. The zero-order chi connectivity index (χ0) is 11.8. The van der Waals surface area contributed by atoms with Crippen LogP contribution in [0.2, 0.25) is 5.02 Å². The van der Waals surface area contributed by atoms with Crippen LogP contribution in [0.5, 0.6) is 0 Å². The number of carbonyl (C=O) groups is 2. The van der Waals surface area contributed by atoms with Gasteiger partial charge in [0.25, 0.3) is 0 Å². The molecule has 0 N–H and O–H groups in total. The topological polar surface area (TPSA) is 43.4 Å². The Morgan fingerprint density at radius 2 is 1.94 bits per heavy atom. The summed E-state index contributed by atoms with van der Waals surface area (Å²) in [6, 6.07) is 7.23. The molecular weight excluding hydrogens is 228 g/mol. The lowest BCUT2D eigenvalue weighted by molar-refractivity contribution is -0.154. The first-order valence-corrected chi connectivity index (χ1v) is 5.37. The van der Waals surface area contributed by atoms with Gasteiger partial charge in [0, 0.05) is 5.02 Å². The quantitative estimate of drug-likeness (QED) is 0.587. The maximum atomic E-state index is 11.5. The van der Waals surface area contributed by atoms with Gasteiger partial charge in [-0.05, 0) is 31.0 Å². The minimum absolute atomic E-state index is 0.147. The molecule has 0 aromatic heterocycles. The molecule has 1 atom stereocenters. The van der Waals surface area contributed by atoms with E-state index in [1.807, 2.05) is 12.1 Å². The van der Waals surface area contributed by atoms with Crippen LogP contribution < -0.4 is 0 Å². The molecule has 4 heteroatoms. The Labute approximate surface area is 98.4 Å². The Morgan fingerprint density at radius 3 is 2.44 bits per heavy atom. The Morgan fingerprint density at radius 1 is 1.31 bits per heavy atom. The summed E-state index contributed by atoms with van der Waals surface area (Å²) in [5.74, 6) is -0.881. The predicted octanol–water partition coefficient (Wildman–Crippen LogP) is 2.36. The third kappa shape index (κ3) is 2.09. The molecule has 0 bridgehead atoms. The van der Waals surface area contributed by atoms with Crippen LogP contribution in [0.3, 0.4) is 0 Å². The number of halogens is 1. The summed E-state index contributed by atoms with van der Waals surface area (Å²) in [6.07, 6.45) is 0.642. The fourth-order valence-electron chi connectivity index (χ4n) is 1.84. The van der Waals surface area contributed by atoms with Crippen molar-refractivity contribution in [3.05, 3.63) is 34.9 Å². The highest BCUT2D eigenvalue weighted by molar-refractivity contribution is 6.30. The molecule has 1 aliphatic rings. The standard InChI is InChI=1S/C12H11ClO3/c1-12(7-10(14)16-11(12)15)6-8-2-4-9(13)5-3-8/h2-5H,6-7H2,1H3. The van der Waals surface area contributed by atoms with Crippen LogP contribution in [0.15, 0.2) is 24.3 Å². The highest BCUT2D eigenvalue weighted by atomic mass is 35.5. The van der Waals surface area contributed by atoms with E-state index in [0.717, 1.165) is 5.56 Å². The minimum atomic E-state index is -0.731. The van der Waals surface area contributed by atoms with Crippen molar-refractivity contribution in [2.24, 2.45) is 5.41 Å². The fourth-order valence-corrected chi connectivity index (χ4v) is 1.97. The van der Waals surface area contributed by atoms with Crippen molar-refractivity contribution in [3.8, 4) is 0 Å². The first-order chi connectivity index (χ1) is 7.49. The summed E-state index contributed by atoms with van der Waals surface area (Å²) in [5.41, 5.74) is 0.240. The van der Waals surface area contributed by atoms with Crippen LogP contribution >= 0.6 is 11.6 Å². The number of hydrogen-bond donors (Lipinski definition) is 0. The number of ether oxygens (including phenoxy) is 1. The Hall–Kier alpha value is -1.35. The summed E-state index contributed by atoms with van der Waals surface area (Å²) >= 11 is 5.77. The van der Waals surface area contributed by atoms with Gasteiger partial charge in [-0.15, -0.1) is 0 Å². The van der Waals surface area contributed by atoms with E-state index < -0.39 is 17.4 Å². The molecule has 1 aliphatic heterocycles. The molecule has 0 radical (unpaired) electrons. The Balaban J connectivity index is 2.18. The van der Waals surface area contributed by atoms with Gasteiger partial charge in [0.1, 0.15) is 0 Å². The molecule has 1 heterocycles. The van der Waals surface area contributed by atoms with Crippen molar-refractivity contribution < 1.29 is 14.3 Å². The van der Waals surface area contributed by atoms with Crippen LogP contribution in [0, 0.1) is 5.41 Å². The van der Waals surface area contributed by atoms with Crippen molar-refractivity contribution in [3.63, 3.8) is 0 Å². The van der Waals surface area contributed by atoms with Gasteiger partial charge in [-0.2, -0.15) is 0 Å². The molecule has 0 spiro atoms. The second kappa shape index (κ2) is 3.91. The van der Waals surface area contributed by atoms with Gasteiger partial charge in [0.05, 0.1) is 11.8 Å². The zero-order valence-electron chi connectivity index (χ0n) is 8.83. The first kappa shape index (κ1) is 11.1. The molecule has 0 saturated carbocycles. The average Bonchev–Trinajstić information content (AvgIpc) is 2.44. The van der Waals surface area contributed by atoms with E-state index in [0.29, 0.717) is 11.4 Å². The third-order valence-corrected chi connectivity index (χ3v) is 2.99. The molecular formula is C12H11ClO3. The van der Waals surface area contributed by atoms with E-state index in [9.17, 15) is 9.59 Å². The first-order valence-electron chi connectivity index (χ1n) is 4.99. The number of carbonyl (C=O) groups excluding carboxylic acids is 2. The van der Waals surface area contributed by atoms with Gasteiger partial charge < -0.3 is 4.74 Å². The van der Waals surface area contributed by atoms with Gasteiger partial charge >= 0.3 is 11.9 Å². The predicted molar refractivity (Wildman–Crippen MR) is 59.0 cm³/mol. The van der Waals surface area contributed by atoms with E-state index in [1.165, 1.54) is 0 Å². The highest BCUT2D eigenvalue weighted by Crippen LogP contribution is 2.34. The second-order valence-corrected chi connectivity index (χ2v) is 4.74. The number of hydrogen-bond acceptors (Lipinski definition) is 3. The van der Waals surface area contributed by atoms with Crippen LogP contribution in [0.4, 0.5) is 0 Å². The monoisotopic (exact) mass is 238 g/mol. The van der Waals surface area contributed by atoms with Crippen LogP contribution in [-0.2, 0) is 20.7 Å². The molecule has 84 valence electrons. The molecule has 1 unspecified atom stereocenters. The molecule has 16 heavy (non-hydrogen) atoms. The van der Waals surface area contributed by atoms with Gasteiger partial charge in [-0.25, -0.2) is 0 Å². The van der Waals surface area contributed by atoms with E-state index in [1.54, 1.807) is 19.1 Å². The maximum Gasteiger partial charge on any atom is 0.320 e. The van der Waals surface area contributed by atoms with Gasteiger partial charge in [-0.1, -0.05) is 23.7 Å². The molecule has 1 fully saturated rings. The fraction of sp³-hybridized carbons (Fsp3) is 0.333. The normalized spacial score (nSPS) is 24.6. The Kier molecular flexibility index (Phi) is 2.72. The van der Waals surface area contributed by atoms with Gasteiger partial charge in [-0.3, -0.25) is 9.59 Å². The molecule has 0 amide bonds.